The number of likely N-dealkylation sites (tertiary alicyclic amines) is 1. The second kappa shape index (κ2) is 4.73. The number of aromatic nitrogens is 2. The maximum Gasteiger partial charge on any atom is 0.136 e. The number of imidazole rings is 1. The van der Waals surface area contributed by atoms with Crippen LogP contribution in [0.2, 0.25) is 0 Å². The van der Waals surface area contributed by atoms with Gasteiger partial charge in [0.2, 0.25) is 0 Å². The zero-order chi connectivity index (χ0) is 12.5. The molecule has 0 saturated carbocycles. The Morgan fingerprint density at radius 2 is 2.22 bits per heavy atom. The van der Waals surface area contributed by atoms with Crippen LogP contribution in [0, 0.1) is 12.8 Å². The first kappa shape index (κ1) is 11.7. The van der Waals surface area contributed by atoms with E-state index in [4.69, 9.17) is 4.98 Å². The predicted molar refractivity (Wildman–Crippen MR) is 73.9 cm³/mol. The minimum atomic E-state index is 0.773. The molecule has 0 bridgehead atoms. The van der Waals surface area contributed by atoms with Crippen LogP contribution in [0.1, 0.15) is 24.1 Å². The number of hydrogen-bond donors (Lipinski definition) is 0. The summed E-state index contributed by atoms with van der Waals surface area (Å²) < 4.78 is 2.15. The van der Waals surface area contributed by atoms with E-state index < -0.39 is 0 Å². The Labute approximate surface area is 108 Å². The minimum absolute atomic E-state index is 0.773. The third-order valence-corrected chi connectivity index (χ3v) is 3.87. The first-order chi connectivity index (χ1) is 8.70. The maximum atomic E-state index is 4.72. The highest BCUT2D eigenvalue weighted by molar-refractivity contribution is 5.41. The van der Waals surface area contributed by atoms with E-state index in [1.165, 1.54) is 37.2 Å². The summed E-state index contributed by atoms with van der Waals surface area (Å²) in [6, 6.07) is 4.23. The molecule has 3 heterocycles. The number of piperidine rings is 1. The molecule has 1 atom stereocenters. The molecular weight excluding hydrogens is 222 g/mol. The molecule has 96 valence electrons. The van der Waals surface area contributed by atoms with E-state index in [-0.39, 0.29) is 0 Å². The molecule has 1 aliphatic heterocycles. The highest BCUT2D eigenvalue weighted by Crippen LogP contribution is 2.20. The summed E-state index contributed by atoms with van der Waals surface area (Å²) in [7, 11) is 2.22. The Hall–Kier alpha value is -1.35. The molecule has 1 aliphatic rings. The van der Waals surface area contributed by atoms with E-state index in [9.17, 15) is 0 Å². The quantitative estimate of drug-likeness (QED) is 0.808. The zero-order valence-corrected chi connectivity index (χ0v) is 11.3. The fourth-order valence-electron chi connectivity index (χ4n) is 2.99. The lowest BCUT2D eigenvalue weighted by Crippen LogP contribution is -2.33. The average Bonchev–Trinajstić information content (AvgIpc) is 2.70. The summed E-state index contributed by atoms with van der Waals surface area (Å²) in [6.45, 7) is 4.59. The molecule has 3 heteroatoms. The smallest absolute Gasteiger partial charge is 0.136 e. The van der Waals surface area contributed by atoms with Gasteiger partial charge in [0.1, 0.15) is 5.65 Å². The summed E-state index contributed by atoms with van der Waals surface area (Å²) in [5, 5.41) is 0. The van der Waals surface area contributed by atoms with Crippen LogP contribution in [0.15, 0.2) is 24.5 Å². The van der Waals surface area contributed by atoms with Crippen molar-refractivity contribution >= 4 is 5.65 Å². The van der Waals surface area contributed by atoms with Crippen molar-refractivity contribution < 1.29 is 0 Å². The van der Waals surface area contributed by atoms with E-state index in [0.717, 1.165) is 18.0 Å². The molecule has 1 fully saturated rings. The summed E-state index contributed by atoms with van der Waals surface area (Å²) >= 11 is 0. The van der Waals surface area contributed by atoms with Crippen LogP contribution in [0.4, 0.5) is 0 Å². The van der Waals surface area contributed by atoms with Crippen molar-refractivity contribution in [3.63, 3.8) is 0 Å². The van der Waals surface area contributed by atoms with Crippen LogP contribution in [-0.2, 0) is 6.42 Å². The van der Waals surface area contributed by atoms with Crippen molar-refractivity contribution in [3.05, 3.63) is 35.8 Å². The molecule has 2 aromatic heterocycles. The Balaban J connectivity index is 1.78. The molecule has 3 nitrogen and oxygen atoms in total. The molecule has 0 aliphatic carbocycles. The van der Waals surface area contributed by atoms with Crippen molar-refractivity contribution in [2.45, 2.75) is 26.2 Å². The first-order valence-corrected chi connectivity index (χ1v) is 6.83. The van der Waals surface area contributed by atoms with Gasteiger partial charge in [0.15, 0.2) is 0 Å². The van der Waals surface area contributed by atoms with E-state index >= 15 is 0 Å². The fourth-order valence-corrected chi connectivity index (χ4v) is 2.99. The predicted octanol–water partition coefficient (Wildman–Crippen LogP) is 2.53. The average molecular weight is 243 g/mol. The molecule has 0 radical (unpaired) electrons. The molecule has 0 aromatic carbocycles. The third kappa shape index (κ3) is 2.41. The lowest BCUT2D eigenvalue weighted by molar-refractivity contribution is 0.208. The molecule has 1 unspecified atom stereocenters. The largest absolute Gasteiger partial charge is 0.307 e. The summed E-state index contributed by atoms with van der Waals surface area (Å²) in [5.41, 5.74) is 3.59. The second-order valence-electron chi connectivity index (χ2n) is 5.68. The maximum absolute atomic E-state index is 4.72. The van der Waals surface area contributed by atoms with Gasteiger partial charge in [-0.1, -0.05) is 6.07 Å². The van der Waals surface area contributed by atoms with Gasteiger partial charge in [0.05, 0.1) is 5.69 Å². The molecule has 1 saturated heterocycles. The van der Waals surface area contributed by atoms with Crippen LogP contribution in [0.3, 0.4) is 0 Å². The van der Waals surface area contributed by atoms with Gasteiger partial charge in [0, 0.05) is 18.9 Å². The van der Waals surface area contributed by atoms with Gasteiger partial charge >= 0.3 is 0 Å². The molecule has 0 amide bonds. The lowest BCUT2D eigenvalue weighted by Gasteiger charge is -2.29. The van der Waals surface area contributed by atoms with Crippen LogP contribution in [-0.4, -0.2) is 34.4 Å². The van der Waals surface area contributed by atoms with E-state index in [1.807, 2.05) is 0 Å². The summed E-state index contributed by atoms with van der Waals surface area (Å²) in [4.78, 5) is 7.16. The van der Waals surface area contributed by atoms with E-state index in [1.54, 1.807) is 0 Å². The standard InChI is InChI=1S/C15H21N3/c1-12-5-6-15-16-14(11-18(15)9-12)8-13-4-3-7-17(2)10-13/h5-6,9,11,13H,3-4,7-8,10H2,1-2H3. The lowest BCUT2D eigenvalue weighted by atomic mass is 9.94. The number of rotatable bonds is 2. The van der Waals surface area contributed by atoms with Crippen LogP contribution >= 0.6 is 0 Å². The Bertz CT molecular complexity index is 544. The summed E-state index contributed by atoms with van der Waals surface area (Å²) in [6.07, 6.45) is 8.13. The monoisotopic (exact) mass is 243 g/mol. The van der Waals surface area contributed by atoms with Gasteiger partial charge in [0.25, 0.3) is 0 Å². The van der Waals surface area contributed by atoms with E-state index in [2.05, 4.69) is 47.8 Å². The summed E-state index contributed by atoms with van der Waals surface area (Å²) in [5.74, 6) is 0.773. The van der Waals surface area contributed by atoms with Crippen molar-refractivity contribution in [2.75, 3.05) is 20.1 Å². The Morgan fingerprint density at radius 1 is 1.33 bits per heavy atom. The fraction of sp³-hybridized carbons (Fsp3) is 0.533. The Morgan fingerprint density at radius 3 is 3.06 bits per heavy atom. The SMILES string of the molecule is Cc1ccc2nc(CC3CCCN(C)C3)cn2c1. The molecule has 0 spiro atoms. The van der Waals surface area contributed by atoms with Gasteiger partial charge < -0.3 is 9.30 Å². The highest BCUT2D eigenvalue weighted by Gasteiger charge is 2.18. The zero-order valence-electron chi connectivity index (χ0n) is 11.3. The molecule has 18 heavy (non-hydrogen) atoms. The first-order valence-electron chi connectivity index (χ1n) is 6.83. The van der Waals surface area contributed by atoms with Gasteiger partial charge in [-0.05, 0) is 57.3 Å². The van der Waals surface area contributed by atoms with Crippen LogP contribution in [0.25, 0.3) is 5.65 Å². The van der Waals surface area contributed by atoms with Gasteiger partial charge in [-0.25, -0.2) is 4.98 Å². The number of fused-ring (bicyclic) bond motifs is 1. The second-order valence-corrected chi connectivity index (χ2v) is 5.68. The number of pyridine rings is 1. The molecule has 3 rings (SSSR count). The van der Waals surface area contributed by atoms with Crippen LogP contribution < -0.4 is 0 Å². The van der Waals surface area contributed by atoms with Crippen molar-refractivity contribution in [3.8, 4) is 0 Å². The van der Waals surface area contributed by atoms with Gasteiger partial charge in [-0.15, -0.1) is 0 Å². The number of nitrogens with zero attached hydrogens (tertiary/aromatic N) is 3. The van der Waals surface area contributed by atoms with Gasteiger partial charge in [-0.2, -0.15) is 0 Å². The van der Waals surface area contributed by atoms with Crippen molar-refractivity contribution in [1.29, 1.82) is 0 Å². The third-order valence-electron chi connectivity index (χ3n) is 3.87. The van der Waals surface area contributed by atoms with Crippen LogP contribution in [0.5, 0.6) is 0 Å². The van der Waals surface area contributed by atoms with Crippen molar-refractivity contribution in [2.24, 2.45) is 5.92 Å². The topological polar surface area (TPSA) is 20.5 Å². The highest BCUT2D eigenvalue weighted by atomic mass is 15.1. The molecule has 0 N–H and O–H groups in total. The molecular formula is C15H21N3. The molecule has 2 aromatic rings. The van der Waals surface area contributed by atoms with Crippen molar-refractivity contribution in [1.82, 2.24) is 14.3 Å². The van der Waals surface area contributed by atoms with Gasteiger partial charge in [-0.3, -0.25) is 0 Å². The normalized spacial score (nSPS) is 21.6. The minimum Gasteiger partial charge on any atom is -0.307 e. The number of aryl methyl sites for hydroxylation is 1. The Kier molecular flexibility index (Phi) is 3.08. The van der Waals surface area contributed by atoms with E-state index in [0.29, 0.717) is 0 Å². The number of hydrogen-bond acceptors (Lipinski definition) is 2.